The standard InChI is InChI=1S/C10H11N3O4/c1-2-5-11-7-8-3-4-9(12(14)15)6-10(8)13(16)17/h2-4,6,11H,1,5,7H2. The minimum Gasteiger partial charge on any atom is -0.309 e. The average Bonchev–Trinajstić information content (AvgIpc) is 2.29. The minimum atomic E-state index is -0.659. The first-order valence-electron chi connectivity index (χ1n) is 4.79. The Bertz CT molecular complexity index is 459. The first-order valence-corrected chi connectivity index (χ1v) is 4.79. The third-order valence-electron chi connectivity index (χ3n) is 2.08. The van der Waals surface area contributed by atoms with E-state index in [-0.39, 0.29) is 17.9 Å². The van der Waals surface area contributed by atoms with E-state index in [1.807, 2.05) is 0 Å². The van der Waals surface area contributed by atoms with Gasteiger partial charge in [0.15, 0.2) is 0 Å². The summed E-state index contributed by atoms with van der Waals surface area (Å²) in [4.78, 5) is 20.0. The van der Waals surface area contributed by atoms with Gasteiger partial charge in [-0.15, -0.1) is 6.58 Å². The quantitative estimate of drug-likeness (QED) is 0.352. The normalized spacial score (nSPS) is 9.88. The Morgan fingerprint density at radius 2 is 2.00 bits per heavy atom. The number of nitrogens with one attached hydrogen (secondary N) is 1. The summed E-state index contributed by atoms with van der Waals surface area (Å²) in [5.41, 5.74) is -0.137. The highest BCUT2D eigenvalue weighted by molar-refractivity contribution is 5.49. The molecule has 0 saturated carbocycles. The third-order valence-corrected chi connectivity index (χ3v) is 2.08. The molecule has 0 radical (unpaired) electrons. The van der Waals surface area contributed by atoms with E-state index >= 15 is 0 Å². The van der Waals surface area contributed by atoms with Gasteiger partial charge in [-0.2, -0.15) is 0 Å². The molecule has 17 heavy (non-hydrogen) atoms. The number of non-ortho nitro benzene ring substituents is 1. The minimum absolute atomic E-state index is 0.254. The lowest BCUT2D eigenvalue weighted by molar-refractivity contribution is -0.394. The summed E-state index contributed by atoms with van der Waals surface area (Å²) in [7, 11) is 0. The van der Waals surface area contributed by atoms with Crippen molar-refractivity contribution in [3.63, 3.8) is 0 Å². The van der Waals surface area contributed by atoms with Crippen LogP contribution in [-0.2, 0) is 6.54 Å². The van der Waals surface area contributed by atoms with Crippen LogP contribution < -0.4 is 5.32 Å². The van der Waals surface area contributed by atoms with E-state index in [0.717, 1.165) is 6.07 Å². The number of hydrogen-bond donors (Lipinski definition) is 1. The fraction of sp³-hybridized carbons (Fsp3) is 0.200. The molecule has 0 amide bonds. The lowest BCUT2D eigenvalue weighted by atomic mass is 10.1. The van der Waals surface area contributed by atoms with Crippen LogP contribution in [0.2, 0.25) is 0 Å². The zero-order valence-corrected chi connectivity index (χ0v) is 8.96. The predicted octanol–water partition coefficient (Wildman–Crippen LogP) is 1.78. The number of nitro groups is 2. The van der Waals surface area contributed by atoms with Crippen molar-refractivity contribution < 1.29 is 9.85 Å². The molecule has 1 aromatic rings. The van der Waals surface area contributed by atoms with Crippen molar-refractivity contribution in [3.05, 3.63) is 56.6 Å². The van der Waals surface area contributed by atoms with Crippen LogP contribution in [0.5, 0.6) is 0 Å². The summed E-state index contributed by atoms with van der Waals surface area (Å²) in [5.74, 6) is 0. The van der Waals surface area contributed by atoms with Gasteiger partial charge in [-0.3, -0.25) is 20.2 Å². The van der Waals surface area contributed by atoms with E-state index in [9.17, 15) is 20.2 Å². The van der Waals surface area contributed by atoms with Crippen molar-refractivity contribution in [2.75, 3.05) is 6.54 Å². The number of nitrogens with zero attached hydrogens (tertiary/aromatic N) is 2. The van der Waals surface area contributed by atoms with Gasteiger partial charge >= 0.3 is 0 Å². The van der Waals surface area contributed by atoms with Gasteiger partial charge in [0, 0.05) is 24.7 Å². The maximum absolute atomic E-state index is 10.8. The largest absolute Gasteiger partial charge is 0.309 e. The van der Waals surface area contributed by atoms with Gasteiger partial charge in [0.2, 0.25) is 0 Å². The van der Waals surface area contributed by atoms with Gasteiger partial charge in [0.25, 0.3) is 11.4 Å². The zero-order valence-electron chi connectivity index (χ0n) is 8.96. The van der Waals surface area contributed by atoms with Crippen LogP contribution in [0.3, 0.4) is 0 Å². The van der Waals surface area contributed by atoms with Crippen LogP contribution in [0.4, 0.5) is 11.4 Å². The molecule has 0 atom stereocenters. The molecule has 0 aliphatic heterocycles. The van der Waals surface area contributed by atoms with Crippen LogP contribution in [-0.4, -0.2) is 16.4 Å². The summed E-state index contributed by atoms with van der Waals surface area (Å²) >= 11 is 0. The zero-order chi connectivity index (χ0) is 12.8. The molecule has 1 rings (SSSR count). The molecule has 0 spiro atoms. The topological polar surface area (TPSA) is 98.3 Å². The van der Waals surface area contributed by atoms with Crippen LogP contribution in [0.25, 0.3) is 0 Å². The fourth-order valence-electron chi connectivity index (χ4n) is 1.29. The molecule has 0 aliphatic rings. The Morgan fingerprint density at radius 3 is 2.53 bits per heavy atom. The molecule has 0 aromatic heterocycles. The summed E-state index contributed by atoms with van der Waals surface area (Å²) < 4.78 is 0. The number of hydrogen-bond acceptors (Lipinski definition) is 5. The molecule has 0 aliphatic carbocycles. The highest BCUT2D eigenvalue weighted by atomic mass is 16.6. The molecule has 0 unspecified atom stereocenters. The summed E-state index contributed by atoms with van der Waals surface area (Å²) in [5, 5.41) is 24.2. The first kappa shape index (κ1) is 12.8. The maximum atomic E-state index is 10.8. The molecule has 1 aromatic carbocycles. The molecule has 0 saturated heterocycles. The SMILES string of the molecule is C=CCNCc1ccc([N+](=O)[O-])cc1[N+](=O)[O-]. The highest BCUT2D eigenvalue weighted by Crippen LogP contribution is 2.24. The average molecular weight is 237 g/mol. The number of nitro benzene ring substituents is 2. The molecular weight excluding hydrogens is 226 g/mol. The van der Waals surface area contributed by atoms with Crippen molar-refractivity contribution in [1.29, 1.82) is 0 Å². The Morgan fingerprint density at radius 1 is 1.29 bits per heavy atom. The van der Waals surface area contributed by atoms with Gasteiger partial charge in [0.05, 0.1) is 15.9 Å². The lowest BCUT2D eigenvalue weighted by Gasteiger charge is -2.03. The summed E-state index contributed by atoms with van der Waals surface area (Å²) in [6.07, 6.45) is 1.62. The van der Waals surface area contributed by atoms with Crippen LogP contribution in [0.1, 0.15) is 5.56 Å². The smallest absolute Gasteiger partial charge is 0.280 e. The Labute approximate surface area is 97.1 Å². The van der Waals surface area contributed by atoms with Crippen molar-refractivity contribution in [2.45, 2.75) is 6.54 Å². The van der Waals surface area contributed by atoms with Crippen molar-refractivity contribution in [2.24, 2.45) is 0 Å². The molecule has 1 N–H and O–H groups in total. The van der Waals surface area contributed by atoms with Crippen molar-refractivity contribution >= 4 is 11.4 Å². The van der Waals surface area contributed by atoms with E-state index in [2.05, 4.69) is 11.9 Å². The molecule has 0 fully saturated rings. The molecular formula is C10H11N3O4. The Hall–Kier alpha value is -2.28. The van der Waals surface area contributed by atoms with Gasteiger partial charge < -0.3 is 5.32 Å². The monoisotopic (exact) mass is 237 g/mol. The van der Waals surface area contributed by atoms with Crippen LogP contribution >= 0.6 is 0 Å². The lowest BCUT2D eigenvalue weighted by Crippen LogP contribution is -2.13. The highest BCUT2D eigenvalue weighted by Gasteiger charge is 2.18. The van der Waals surface area contributed by atoms with E-state index in [1.54, 1.807) is 6.08 Å². The third kappa shape index (κ3) is 3.35. The van der Waals surface area contributed by atoms with Gasteiger partial charge in [-0.1, -0.05) is 6.08 Å². The predicted molar refractivity (Wildman–Crippen MR) is 61.7 cm³/mol. The van der Waals surface area contributed by atoms with Gasteiger partial charge in [-0.25, -0.2) is 0 Å². The fourth-order valence-corrected chi connectivity index (χ4v) is 1.29. The van der Waals surface area contributed by atoms with Gasteiger partial charge in [0.1, 0.15) is 0 Å². The number of benzene rings is 1. The molecule has 7 heteroatoms. The maximum Gasteiger partial charge on any atom is 0.280 e. The Kier molecular flexibility index (Phi) is 4.29. The van der Waals surface area contributed by atoms with Crippen molar-refractivity contribution in [3.8, 4) is 0 Å². The molecule has 0 bridgehead atoms. The van der Waals surface area contributed by atoms with Crippen LogP contribution in [0, 0.1) is 20.2 Å². The van der Waals surface area contributed by atoms with E-state index in [0.29, 0.717) is 12.1 Å². The van der Waals surface area contributed by atoms with E-state index < -0.39 is 9.85 Å². The first-order chi connectivity index (χ1) is 8.06. The summed E-state index contributed by atoms with van der Waals surface area (Å²) in [6.45, 7) is 4.27. The second-order valence-corrected chi connectivity index (χ2v) is 3.25. The second kappa shape index (κ2) is 5.71. The second-order valence-electron chi connectivity index (χ2n) is 3.25. The molecule has 90 valence electrons. The number of rotatable bonds is 6. The summed E-state index contributed by atoms with van der Waals surface area (Å²) in [6, 6.07) is 3.59. The van der Waals surface area contributed by atoms with E-state index in [1.165, 1.54) is 12.1 Å². The van der Waals surface area contributed by atoms with Crippen molar-refractivity contribution in [1.82, 2.24) is 5.32 Å². The Balaban J connectivity index is 3.00. The molecule has 0 heterocycles. The van der Waals surface area contributed by atoms with E-state index in [4.69, 9.17) is 0 Å². The van der Waals surface area contributed by atoms with Crippen LogP contribution in [0.15, 0.2) is 30.9 Å². The van der Waals surface area contributed by atoms with Gasteiger partial charge in [-0.05, 0) is 6.07 Å². The molecule has 7 nitrogen and oxygen atoms in total.